The average Bonchev–Trinajstić information content (AvgIpc) is 3.46. The fourth-order valence-electron chi connectivity index (χ4n) is 3.57. The largest absolute Gasteiger partial charge is 0.484 e. The van der Waals surface area contributed by atoms with E-state index in [2.05, 4.69) is 10.4 Å². The Labute approximate surface area is 163 Å². The van der Waals surface area contributed by atoms with Crippen molar-refractivity contribution in [2.75, 3.05) is 13.1 Å². The third kappa shape index (κ3) is 4.29. The molecule has 27 heavy (non-hydrogen) atoms. The summed E-state index contributed by atoms with van der Waals surface area (Å²) < 4.78 is 8.71. The van der Waals surface area contributed by atoms with Gasteiger partial charge in [-0.05, 0) is 61.0 Å². The lowest BCUT2D eigenvalue weighted by molar-refractivity contribution is -0.138. The fraction of sp³-hybridized carbons (Fsp3) is 0.381. The predicted octanol–water partition coefficient (Wildman–Crippen LogP) is 3.19. The van der Waals surface area contributed by atoms with Gasteiger partial charge in [0.25, 0.3) is 0 Å². The molecule has 0 amide bonds. The minimum atomic E-state index is -0.969. The molecule has 3 N–H and O–H groups in total. The summed E-state index contributed by atoms with van der Waals surface area (Å²) in [5.74, 6) is 0.622. The first-order valence-electron chi connectivity index (χ1n) is 9.28. The van der Waals surface area contributed by atoms with Crippen LogP contribution in [0.25, 0.3) is 0 Å². The molecule has 2 aromatic carbocycles. The molecule has 0 aromatic heterocycles. The van der Waals surface area contributed by atoms with Crippen LogP contribution in [0.4, 0.5) is 0 Å². The Balaban J connectivity index is 1.37. The van der Waals surface area contributed by atoms with Gasteiger partial charge in [-0.3, -0.25) is 4.79 Å². The van der Waals surface area contributed by atoms with Crippen LogP contribution in [0.3, 0.4) is 0 Å². The van der Waals surface area contributed by atoms with Crippen molar-refractivity contribution in [2.24, 2.45) is 11.7 Å². The SMILES string of the molecule is NC(Cc1cccc(SN2CC(Oc3ccccc3)(C3CC3)C2)c1)C(=O)O. The third-order valence-electron chi connectivity index (χ3n) is 5.18. The number of nitrogens with two attached hydrogens (primary N) is 1. The number of nitrogens with zero attached hydrogens (tertiary/aromatic N) is 1. The molecule has 1 saturated carbocycles. The molecule has 1 heterocycles. The zero-order valence-corrected chi connectivity index (χ0v) is 15.9. The zero-order valence-electron chi connectivity index (χ0n) is 15.1. The molecule has 2 fully saturated rings. The summed E-state index contributed by atoms with van der Waals surface area (Å²) in [4.78, 5) is 12.1. The van der Waals surface area contributed by atoms with E-state index in [4.69, 9.17) is 15.6 Å². The van der Waals surface area contributed by atoms with Gasteiger partial charge >= 0.3 is 5.97 Å². The first kappa shape index (κ1) is 18.3. The van der Waals surface area contributed by atoms with Gasteiger partial charge in [0.2, 0.25) is 0 Å². The van der Waals surface area contributed by atoms with Crippen LogP contribution in [0.5, 0.6) is 5.75 Å². The lowest BCUT2D eigenvalue weighted by Crippen LogP contribution is -2.63. The van der Waals surface area contributed by atoms with Gasteiger partial charge < -0.3 is 15.6 Å². The van der Waals surface area contributed by atoms with Gasteiger partial charge in [-0.2, -0.15) is 0 Å². The molecule has 1 saturated heterocycles. The van der Waals surface area contributed by atoms with Gasteiger partial charge in [-0.25, -0.2) is 4.31 Å². The van der Waals surface area contributed by atoms with Crippen molar-refractivity contribution in [1.82, 2.24) is 4.31 Å². The Morgan fingerprint density at radius 1 is 1.22 bits per heavy atom. The van der Waals surface area contributed by atoms with E-state index in [1.165, 1.54) is 12.8 Å². The minimum Gasteiger partial charge on any atom is -0.484 e. The second-order valence-electron chi connectivity index (χ2n) is 7.44. The van der Waals surface area contributed by atoms with E-state index in [1.54, 1.807) is 11.9 Å². The van der Waals surface area contributed by atoms with E-state index in [0.717, 1.165) is 29.3 Å². The number of aliphatic carboxylic acids is 1. The second-order valence-corrected chi connectivity index (χ2v) is 8.61. The number of hydrogen-bond donors (Lipinski definition) is 2. The van der Waals surface area contributed by atoms with Crippen LogP contribution in [0.1, 0.15) is 18.4 Å². The molecule has 142 valence electrons. The maximum Gasteiger partial charge on any atom is 0.320 e. The summed E-state index contributed by atoms with van der Waals surface area (Å²) in [6.07, 6.45) is 2.83. The average molecular weight is 385 g/mol. The van der Waals surface area contributed by atoms with Crippen molar-refractivity contribution in [3.05, 3.63) is 60.2 Å². The molecule has 0 spiro atoms. The highest BCUT2D eigenvalue weighted by molar-refractivity contribution is 7.97. The van der Waals surface area contributed by atoms with Crippen LogP contribution in [-0.2, 0) is 11.2 Å². The molecule has 0 radical (unpaired) electrons. The normalized spacial score (nSPS) is 19.9. The molecule has 4 rings (SSSR count). The number of carboxylic acids is 1. The first-order valence-corrected chi connectivity index (χ1v) is 10.1. The molecule has 1 atom stereocenters. The summed E-state index contributed by atoms with van der Waals surface area (Å²) in [6, 6.07) is 17.2. The summed E-state index contributed by atoms with van der Waals surface area (Å²) in [5.41, 5.74) is 6.53. The van der Waals surface area contributed by atoms with Crippen LogP contribution in [0.2, 0.25) is 0 Å². The predicted molar refractivity (Wildman–Crippen MR) is 106 cm³/mol. The van der Waals surface area contributed by atoms with Crippen LogP contribution in [-0.4, -0.2) is 40.1 Å². The van der Waals surface area contributed by atoms with E-state index in [0.29, 0.717) is 12.3 Å². The smallest absolute Gasteiger partial charge is 0.320 e. The topological polar surface area (TPSA) is 75.8 Å². The quantitative estimate of drug-likeness (QED) is 0.681. The Bertz CT molecular complexity index is 804. The Morgan fingerprint density at radius 2 is 1.96 bits per heavy atom. The van der Waals surface area contributed by atoms with Crippen molar-refractivity contribution in [2.45, 2.75) is 35.8 Å². The van der Waals surface area contributed by atoms with Crippen molar-refractivity contribution < 1.29 is 14.6 Å². The molecule has 2 aromatic rings. The zero-order chi connectivity index (χ0) is 18.9. The summed E-state index contributed by atoms with van der Waals surface area (Å²) in [7, 11) is 0. The number of ether oxygens (including phenoxy) is 1. The molecule has 2 aliphatic rings. The molecule has 5 nitrogen and oxygen atoms in total. The van der Waals surface area contributed by atoms with Crippen LogP contribution in [0, 0.1) is 5.92 Å². The maximum atomic E-state index is 11.0. The van der Waals surface area contributed by atoms with E-state index in [-0.39, 0.29) is 5.60 Å². The van der Waals surface area contributed by atoms with Gasteiger partial charge in [0.15, 0.2) is 0 Å². The number of benzene rings is 2. The molecular formula is C21H24N2O3S. The number of carboxylic acid groups (broad SMARTS) is 1. The first-order chi connectivity index (χ1) is 13.0. The van der Waals surface area contributed by atoms with Gasteiger partial charge in [0, 0.05) is 10.8 Å². The Kier molecular flexibility index (Phi) is 5.12. The number of hydrogen-bond acceptors (Lipinski definition) is 5. The summed E-state index contributed by atoms with van der Waals surface area (Å²) >= 11 is 1.70. The van der Waals surface area contributed by atoms with Gasteiger partial charge in [0.1, 0.15) is 17.4 Å². The van der Waals surface area contributed by atoms with Gasteiger partial charge in [-0.15, -0.1) is 0 Å². The van der Waals surface area contributed by atoms with E-state index in [1.807, 2.05) is 48.5 Å². The fourth-order valence-corrected chi connectivity index (χ4v) is 4.78. The van der Waals surface area contributed by atoms with Crippen molar-refractivity contribution in [3.63, 3.8) is 0 Å². The van der Waals surface area contributed by atoms with Gasteiger partial charge in [-0.1, -0.05) is 30.3 Å². The van der Waals surface area contributed by atoms with E-state index in [9.17, 15) is 4.79 Å². The molecule has 0 bridgehead atoms. The van der Waals surface area contributed by atoms with Crippen molar-refractivity contribution in [1.29, 1.82) is 0 Å². The third-order valence-corrected chi connectivity index (χ3v) is 6.16. The molecule has 6 heteroatoms. The van der Waals surface area contributed by atoms with Gasteiger partial charge in [0.05, 0.1) is 13.1 Å². The highest BCUT2D eigenvalue weighted by Crippen LogP contribution is 2.49. The van der Waals surface area contributed by atoms with E-state index >= 15 is 0 Å². The summed E-state index contributed by atoms with van der Waals surface area (Å²) in [6.45, 7) is 1.80. The van der Waals surface area contributed by atoms with Crippen LogP contribution in [0.15, 0.2) is 59.5 Å². The Morgan fingerprint density at radius 3 is 2.63 bits per heavy atom. The van der Waals surface area contributed by atoms with Crippen molar-refractivity contribution in [3.8, 4) is 5.75 Å². The van der Waals surface area contributed by atoms with Crippen LogP contribution < -0.4 is 10.5 Å². The van der Waals surface area contributed by atoms with E-state index < -0.39 is 12.0 Å². The number of carbonyl (C=O) groups is 1. The number of para-hydroxylation sites is 1. The number of rotatable bonds is 8. The molecule has 1 aliphatic carbocycles. The lowest BCUT2D eigenvalue weighted by Gasteiger charge is -2.49. The Hall–Kier alpha value is -2.02. The highest BCUT2D eigenvalue weighted by atomic mass is 32.2. The lowest BCUT2D eigenvalue weighted by atomic mass is 9.90. The maximum absolute atomic E-state index is 11.0. The monoisotopic (exact) mass is 384 g/mol. The van der Waals surface area contributed by atoms with Crippen LogP contribution >= 0.6 is 11.9 Å². The second kappa shape index (κ2) is 7.54. The minimum absolute atomic E-state index is 0.0718. The molecular weight excluding hydrogens is 360 g/mol. The molecule has 1 aliphatic heterocycles. The van der Waals surface area contributed by atoms with Crippen molar-refractivity contribution >= 4 is 17.9 Å². The summed E-state index contributed by atoms with van der Waals surface area (Å²) in [5, 5.41) is 8.99. The highest BCUT2D eigenvalue weighted by Gasteiger charge is 2.55. The molecule has 1 unspecified atom stereocenters. The standard InChI is InChI=1S/C21H24N2O3S/c22-19(20(24)25)12-15-5-4-8-18(11-15)27-23-13-21(14-23,16-9-10-16)26-17-6-2-1-3-7-17/h1-8,11,16,19H,9-10,12-14,22H2,(H,24,25).